The molecule has 21 heavy (non-hydrogen) atoms. The van der Waals surface area contributed by atoms with Crippen molar-refractivity contribution in [3.05, 3.63) is 35.6 Å². The number of halogens is 1. The average Bonchev–Trinajstić information content (AvgIpc) is 2.47. The van der Waals surface area contributed by atoms with Gasteiger partial charge in [-0.25, -0.2) is 4.39 Å². The molecule has 8 heteroatoms. The van der Waals surface area contributed by atoms with Crippen molar-refractivity contribution in [1.29, 1.82) is 0 Å². The summed E-state index contributed by atoms with van der Waals surface area (Å²) < 4.78 is 18.1. The fourth-order valence-electron chi connectivity index (χ4n) is 2.02. The minimum atomic E-state index is -1.50. The molecule has 0 aromatic heterocycles. The first kappa shape index (κ1) is 16.2. The zero-order valence-corrected chi connectivity index (χ0v) is 11.1. The Morgan fingerprint density at radius 2 is 1.95 bits per heavy atom. The summed E-state index contributed by atoms with van der Waals surface area (Å²) in [5, 5.41) is 37.9. The third kappa shape index (κ3) is 3.95. The number of aliphatic hydroxyl groups is 4. The molecule has 1 aliphatic rings. The first-order chi connectivity index (χ1) is 10.0. The number of hydroxylamine groups is 1. The molecule has 0 saturated carbocycles. The molecule has 0 unspecified atom stereocenters. The monoisotopic (exact) mass is 303 g/mol. The lowest BCUT2D eigenvalue weighted by Crippen LogP contribution is -2.59. The number of rotatable bonds is 5. The average molecular weight is 303 g/mol. The maximum absolute atomic E-state index is 13.0. The number of benzene rings is 1. The van der Waals surface area contributed by atoms with Crippen molar-refractivity contribution in [2.75, 3.05) is 6.61 Å². The molecule has 1 heterocycles. The molecule has 1 fully saturated rings. The van der Waals surface area contributed by atoms with Crippen LogP contribution in [0.2, 0.25) is 0 Å². The molecule has 0 spiro atoms. The zero-order chi connectivity index (χ0) is 15.4. The molecule has 0 amide bonds. The Balaban J connectivity index is 1.87. The van der Waals surface area contributed by atoms with Crippen LogP contribution in [0.15, 0.2) is 24.3 Å². The van der Waals surface area contributed by atoms with Gasteiger partial charge in [0.25, 0.3) is 0 Å². The first-order valence-electron chi connectivity index (χ1n) is 6.46. The number of hydrogen-bond donors (Lipinski definition) is 5. The van der Waals surface area contributed by atoms with E-state index in [1.165, 1.54) is 12.1 Å². The predicted molar refractivity (Wildman–Crippen MR) is 68.1 cm³/mol. The summed E-state index contributed by atoms with van der Waals surface area (Å²) in [7, 11) is 0. The molecule has 0 bridgehead atoms. The van der Waals surface area contributed by atoms with Crippen LogP contribution >= 0.6 is 0 Å². The largest absolute Gasteiger partial charge is 0.394 e. The van der Waals surface area contributed by atoms with E-state index in [1.54, 1.807) is 12.1 Å². The van der Waals surface area contributed by atoms with Gasteiger partial charge in [0.15, 0.2) is 0 Å². The fourth-order valence-corrected chi connectivity index (χ4v) is 2.02. The van der Waals surface area contributed by atoms with Gasteiger partial charge in [-0.3, -0.25) is 4.84 Å². The molecule has 118 valence electrons. The van der Waals surface area contributed by atoms with E-state index >= 15 is 0 Å². The normalized spacial score (nSPS) is 33.1. The molecule has 0 radical (unpaired) electrons. The molecule has 2 rings (SSSR count). The maximum atomic E-state index is 13.0. The third-order valence-corrected chi connectivity index (χ3v) is 3.21. The predicted octanol–water partition coefficient (Wildman–Crippen LogP) is -1.35. The number of ether oxygens (including phenoxy) is 1. The van der Waals surface area contributed by atoms with Crippen LogP contribution in [0, 0.1) is 5.82 Å². The van der Waals surface area contributed by atoms with Crippen LogP contribution in [0.3, 0.4) is 0 Å². The molecule has 1 aliphatic heterocycles. The van der Waals surface area contributed by atoms with Gasteiger partial charge in [0.05, 0.1) is 6.61 Å². The highest BCUT2D eigenvalue weighted by Crippen LogP contribution is 2.21. The lowest BCUT2D eigenvalue weighted by molar-refractivity contribution is -0.316. The summed E-state index contributed by atoms with van der Waals surface area (Å²) in [6.45, 7) is -0.387. The Bertz CT molecular complexity index is 460. The highest BCUT2D eigenvalue weighted by molar-refractivity contribution is 5.15. The van der Waals surface area contributed by atoms with Crippen molar-refractivity contribution in [2.45, 2.75) is 37.3 Å². The van der Waals surface area contributed by atoms with Gasteiger partial charge in [-0.2, -0.15) is 5.48 Å². The Labute approximate surface area is 120 Å². The zero-order valence-electron chi connectivity index (χ0n) is 11.1. The van der Waals surface area contributed by atoms with Gasteiger partial charge in [0.2, 0.25) is 6.29 Å². The second-order valence-electron chi connectivity index (χ2n) is 4.77. The summed E-state index contributed by atoms with van der Waals surface area (Å²) in [6.07, 6.45) is -6.73. The van der Waals surface area contributed by atoms with Crippen LogP contribution in [0.5, 0.6) is 0 Å². The molecular formula is C13H18FNO6. The Morgan fingerprint density at radius 1 is 1.19 bits per heavy atom. The Kier molecular flexibility index (Phi) is 5.59. The van der Waals surface area contributed by atoms with E-state index in [9.17, 15) is 19.7 Å². The molecule has 1 aromatic carbocycles. The fraction of sp³-hybridized carbons (Fsp3) is 0.538. The van der Waals surface area contributed by atoms with E-state index in [-0.39, 0.29) is 12.4 Å². The van der Waals surface area contributed by atoms with Crippen LogP contribution in [0.1, 0.15) is 5.56 Å². The standard InChI is InChI=1S/C13H18FNO6/c14-8-3-1-2-7(4-8)5-15-21-13-12(19)11(18)10(17)9(6-16)20-13/h1-4,9-13,15-19H,5-6H2/t9-,10+,11+,12-,13+/m1/s1. The number of hydrogen-bond acceptors (Lipinski definition) is 7. The second-order valence-corrected chi connectivity index (χ2v) is 4.77. The third-order valence-electron chi connectivity index (χ3n) is 3.21. The summed E-state index contributed by atoms with van der Waals surface area (Å²) in [4.78, 5) is 5.06. The molecule has 5 atom stereocenters. The number of nitrogens with one attached hydrogen (secondary N) is 1. The molecule has 7 nitrogen and oxygen atoms in total. The van der Waals surface area contributed by atoms with Gasteiger partial charge in [-0.15, -0.1) is 0 Å². The van der Waals surface area contributed by atoms with Gasteiger partial charge < -0.3 is 25.2 Å². The number of aliphatic hydroxyl groups excluding tert-OH is 4. The highest BCUT2D eigenvalue weighted by atomic mass is 19.1. The van der Waals surface area contributed by atoms with Gasteiger partial charge in [-0.1, -0.05) is 12.1 Å². The smallest absolute Gasteiger partial charge is 0.206 e. The van der Waals surface area contributed by atoms with Gasteiger partial charge >= 0.3 is 0 Å². The molecule has 0 aliphatic carbocycles. The minimum Gasteiger partial charge on any atom is -0.394 e. The molecule has 5 N–H and O–H groups in total. The summed E-state index contributed by atoms with van der Waals surface area (Å²) in [5.41, 5.74) is 3.09. The second kappa shape index (κ2) is 7.23. The van der Waals surface area contributed by atoms with Crippen molar-refractivity contribution in [2.24, 2.45) is 0 Å². The highest BCUT2D eigenvalue weighted by Gasteiger charge is 2.44. The molecular weight excluding hydrogens is 285 g/mol. The van der Waals surface area contributed by atoms with Crippen molar-refractivity contribution in [3.63, 3.8) is 0 Å². The van der Waals surface area contributed by atoms with E-state index in [0.717, 1.165) is 0 Å². The van der Waals surface area contributed by atoms with Gasteiger partial charge in [0.1, 0.15) is 30.2 Å². The van der Waals surface area contributed by atoms with E-state index < -0.39 is 37.3 Å². The molecule has 1 aromatic rings. The van der Waals surface area contributed by atoms with E-state index in [0.29, 0.717) is 5.56 Å². The lowest BCUT2D eigenvalue weighted by atomic mass is 9.99. The van der Waals surface area contributed by atoms with Crippen LogP contribution in [0.25, 0.3) is 0 Å². The minimum absolute atomic E-state index is 0.146. The first-order valence-corrected chi connectivity index (χ1v) is 6.46. The van der Waals surface area contributed by atoms with E-state index in [1.807, 2.05) is 0 Å². The van der Waals surface area contributed by atoms with Crippen molar-refractivity contribution in [1.82, 2.24) is 5.48 Å². The van der Waals surface area contributed by atoms with Crippen LogP contribution in [-0.4, -0.2) is 57.7 Å². The molecule has 1 saturated heterocycles. The van der Waals surface area contributed by atoms with Gasteiger partial charge in [0, 0.05) is 6.54 Å². The lowest BCUT2D eigenvalue weighted by Gasteiger charge is -2.39. The maximum Gasteiger partial charge on any atom is 0.206 e. The Morgan fingerprint density at radius 3 is 2.62 bits per heavy atom. The van der Waals surface area contributed by atoms with Gasteiger partial charge in [-0.05, 0) is 17.7 Å². The van der Waals surface area contributed by atoms with Crippen LogP contribution in [0.4, 0.5) is 4.39 Å². The summed E-state index contributed by atoms with van der Waals surface area (Å²) >= 11 is 0. The van der Waals surface area contributed by atoms with Crippen molar-refractivity contribution >= 4 is 0 Å². The van der Waals surface area contributed by atoms with E-state index in [4.69, 9.17) is 14.7 Å². The van der Waals surface area contributed by atoms with Crippen LogP contribution in [-0.2, 0) is 16.1 Å². The Hall–Kier alpha value is -1.13. The van der Waals surface area contributed by atoms with Crippen LogP contribution < -0.4 is 5.48 Å². The van der Waals surface area contributed by atoms with Crippen molar-refractivity contribution in [3.8, 4) is 0 Å². The van der Waals surface area contributed by atoms with E-state index in [2.05, 4.69) is 5.48 Å². The topological polar surface area (TPSA) is 111 Å². The quantitative estimate of drug-likeness (QED) is 0.427. The summed E-state index contributed by atoms with van der Waals surface area (Å²) in [6, 6.07) is 5.83. The SMILES string of the molecule is OC[C@H]1O[C@@H](ONCc2cccc(F)c2)[C@H](O)[C@@H](O)[C@H]1O. The van der Waals surface area contributed by atoms with Crippen molar-refractivity contribution < 1.29 is 34.4 Å². The summed E-state index contributed by atoms with van der Waals surface area (Å²) in [5.74, 6) is -0.387.